The van der Waals surface area contributed by atoms with Crippen LogP contribution in [-0.2, 0) is 10.3 Å². The van der Waals surface area contributed by atoms with E-state index in [9.17, 15) is 9.59 Å². The van der Waals surface area contributed by atoms with Crippen LogP contribution in [0.15, 0.2) is 48.5 Å². The molecule has 1 aliphatic rings. The van der Waals surface area contributed by atoms with Gasteiger partial charge in [0, 0.05) is 5.69 Å². The van der Waals surface area contributed by atoms with Crippen LogP contribution in [-0.4, -0.2) is 36.3 Å². The third-order valence-electron chi connectivity index (χ3n) is 4.42. The SMILES string of the molecule is COc1ccc(NC(=S)NN2C(=O)N[C@@](C)(c3ccc(OC)cc3)C2=O)cc1. The van der Waals surface area contributed by atoms with E-state index < -0.39 is 17.5 Å². The van der Waals surface area contributed by atoms with Gasteiger partial charge in [0.15, 0.2) is 5.11 Å². The number of carbonyl (C=O) groups excluding carboxylic acids is 2. The summed E-state index contributed by atoms with van der Waals surface area (Å²) in [6.45, 7) is 1.64. The molecule has 0 radical (unpaired) electrons. The maximum atomic E-state index is 12.9. The number of carbonyl (C=O) groups is 2. The third kappa shape index (κ3) is 3.70. The molecule has 28 heavy (non-hydrogen) atoms. The summed E-state index contributed by atoms with van der Waals surface area (Å²) in [5, 5.41) is 6.58. The molecule has 0 saturated carbocycles. The van der Waals surface area contributed by atoms with E-state index >= 15 is 0 Å². The molecule has 3 N–H and O–H groups in total. The highest BCUT2D eigenvalue weighted by Gasteiger charge is 2.49. The summed E-state index contributed by atoms with van der Waals surface area (Å²) >= 11 is 5.22. The molecule has 0 unspecified atom stereocenters. The number of urea groups is 1. The van der Waals surface area contributed by atoms with Crippen molar-refractivity contribution in [1.82, 2.24) is 15.8 Å². The molecule has 1 atom stereocenters. The van der Waals surface area contributed by atoms with Crippen LogP contribution in [0.3, 0.4) is 0 Å². The number of methoxy groups -OCH3 is 2. The van der Waals surface area contributed by atoms with Crippen molar-refractivity contribution in [2.45, 2.75) is 12.5 Å². The maximum Gasteiger partial charge on any atom is 0.344 e. The van der Waals surface area contributed by atoms with Crippen LogP contribution in [0.2, 0.25) is 0 Å². The van der Waals surface area contributed by atoms with E-state index in [0.717, 1.165) is 5.01 Å². The molecule has 0 aliphatic carbocycles. The zero-order chi connectivity index (χ0) is 20.3. The summed E-state index contributed by atoms with van der Waals surface area (Å²) in [6, 6.07) is 13.4. The van der Waals surface area contributed by atoms with Crippen molar-refractivity contribution in [2.75, 3.05) is 19.5 Å². The summed E-state index contributed by atoms with van der Waals surface area (Å²) < 4.78 is 10.2. The van der Waals surface area contributed by atoms with Crippen LogP contribution in [0.5, 0.6) is 11.5 Å². The van der Waals surface area contributed by atoms with Crippen LogP contribution < -0.4 is 25.5 Å². The molecular weight excluding hydrogens is 380 g/mol. The molecule has 3 rings (SSSR count). The van der Waals surface area contributed by atoms with Gasteiger partial charge < -0.3 is 20.1 Å². The molecule has 3 amide bonds. The number of ether oxygens (including phenoxy) is 2. The molecule has 0 spiro atoms. The summed E-state index contributed by atoms with van der Waals surface area (Å²) in [7, 11) is 3.13. The van der Waals surface area contributed by atoms with E-state index in [4.69, 9.17) is 21.7 Å². The molecule has 1 heterocycles. The second kappa shape index (κ2) is 7.73. The lowest BCUT2D eigenvalue weighted by Gasteiger charge is -2.23. The van der Waals surface area contributed by atoms with Gasteiger partial charge in [-0.05, 0) is 61.1 Å². The second-order valence-electron chi connectivity index (χ2n) is 6.22. The van der Waals surface area contributed by atoms with Crippen molar-refractivity contribution < 1.29 is 19.1 Å². The van der Waals surface area contributed by atoms with Crippen molar-refractivity contribution in [2.24, 2.45) is 0 Å². The highest BCUT2D eigenvalue weighted by Crippen LogP contribution is 2.29. The zero-order valence-corrected chi connectivity index (χ0v) is 16.4. The topological polar surface area (TPSA) is 91.9 Å². The van der Waals surface area contributed by atoms with Crippen molar-refractivity contribution >= 4 is 35.0 Å². The van der Waals surface area contributed by atoms with Gasteiger partial charge in [0.25, 0.3) is 5.91 Å². The number of amides is 3. The fraction of sp³-hybridized carbons (Fsp3) is 0.211. The molecule has 146 valence electrons. The number of hydrogen-bond donors (Lipinski definition) is 3. The third-order valence-corrected chi connectivity index (χ3v) is 4.61. The Bertz CT molecular complexity index is 901. The standard InChI is InChI=1S/C19H20N4O4S/c1-19(12-4-8-14(26-2)9-5-12)16(24)23(18(25)21-19)22-17(28)20-13-6-10-15(27-3)11-7-13/h4-11H,1-3H3,(H,21,25)(H2,20,22,28)/t19-/m0/s1. The Labute approximate surface area is 167 Å². The lowest BCUT2D eigenvalue weighted by Crippen LogP contribution is -2.49. The lowest BCUT2D eigenvalue weighted by atomic mass is 9.92. The summed E-state index contributed by atoms with van der Waals surface area (Å²) in [5.41, 5.74) is 2.74. The van der Waals surface area contributed by atoms with Gasteiger partial charge in [-0.2, -0.15) is 5.01 Å². The van der Waals surface area contributed by atoms with Crippen LogP contribution in [0, 0.1) is 0 Å². The van der Waals surface area contributed by atoms with E-state index in [1.54, 1.807) is 69.7 Å². The lowest BCUT2D eigenvalue weighted by molar-refractivity contribution is -0.132. The Kier molecular flexibility index (Phi) is 5.36. The monoisotopic (exact) mass is 400 g/mol. The Morgan fingerprint density at radius 1 is 1.00 bits per heavy atom. The summed E-state index contributed by atoms with van der Waals surface area (Å²) in [5.74, 6) is 0.888. The average molecular weight is 400 g/mol. The van der Waals surface area contributed by atoms with Gasteiger partial charge in [-0.1, -0.05) is 12.1 Å². The molecular formula is C19H20N4O4S. The fourth-order valence-corrected chi connectivity index (χ4v) is 3.00. The predicted octanol–water partition coefficient (Wildman–Crippen LogP) is 2.37. The molecule has 2 aromatic rings. The number of nitrogens with zero attached hydrogens (tertiary/aromatic N) is 1. The van der Waals surface area contributed by atoms with E-state index in [1.165, 1.54) is 0 Å². The number of hydrogen-bond acceptors (Lipinski definition) is 5. The number of nitrogens with one attached hydrogen (secondary N) is 3. The zero-order valence-electron chi connectivity index (χ0n) is 15.6. The number of hydrazine groups is 1. The molecule has 1 saturated heterocycles. The molecule has 9 heteroatoms. The van der Waals surface area contributed by atoms with Crippen molar-refractivity contribution in [3.05, 3.63) is 54.1 Å². The number of benzene rings is 2. The summed E-state index contributed by atoms with van der Waals surface area (Å²) in [6.07, 6.45) is 0. The minimum atomic E-state index is -1.22. The predicted molar refractivity (Wildman–Crippen MR) is 108 cm³/mol. The normalized spacial score (nSPS) is 18.5. The minimum Gasteiger partial charge on any atom is -0.497 e. The van der Waals surface area contributed by atoms with Gasteiger partial charge in [0.1, 0.15) is 17.0 Å². The first kappa shape index (κ1) is 19.4. The number of thiocarbonyl (C=S) groups is 1. The first-order valence-corrected chi connectivity index (χ1v) is 8.81. The van der Waals surface area contributed by atoms with E-state index in [1.807, 2.05) is 0 Å². The van der Waals surface area contributed by atoms with E-state index in [0.29, 0.717) is 22.7 Å². The van der Waals surface area contributed by atoms with Crippen molar-refractivity contribution in [3.63, 3.8) is 0 Å². The Morgan fingerprint density at radius 2 is 1.54 bits per heavy atom. The van der Waals surface area contributed by atoms with Gasteiger partial charge in [-0.25, -0.2) is 4.79 Å². The number of imide groups is 1. The van der Waals surface area contributed by atoms with Gasteiger partial charge in [-0.15, -0.1) is 0 Å². The first-order valence-electron chi connectivity index (χ1n) is 8.40. The molecule has 0 bridgehead atoms. The average Bonchev–Trinajstić information content (AvgIpc) is 2.92. The Balaban J connectivity index is 1.70. The number of anilines is 1. The summed E-state index contributed by atoms with van der Waals surface area (Å²) in [4.78, 5) is 25.3. The molecule has 2 aromatic carbocycles. The maximum absolute atomic E-state index is 12.9. The smallest absolute Gasteiger partial charge is 0.344 e. The Hall–Kier alpha value is -3.33. The van der Waals surface area contributed by atoms with Gasteiger partial charge in [0.2, 0.25) is 0 Å². The van der Waals surface area contributed by atoms with Gasteiger partial charge >= 0.3 is 6.03 Å². The van der Waals surface area contributed by atoms with Crippen molar-refractivity contribution in [1.29, 1.82) is 0 Å². The quantitative estimate of drug-likeness (QED) is 0.524. The number of rotatable bonds is 5. The second-order valence-corrected chi connectivity index (χ2v) is 6.63. The first-order chi connectivity index (χ1) is 13.4. The molecule has 1 aliphatic heterocycles. The highest BCUT2D eigenvalue weighted by molar-refractivity contribution is 7.80. The van der Waals surface area contributed by atoms with Crippen molar-refractivity contribution in [3.8, 4) is 11.5 Å². The van der Waals surface area contributed by atoms with Crippen LogP contribution in [0.1, 0.15) is 12.5 Å². The molecule has 0 aromatic heterocycles. The van der Waals surface area contributed by atoms with E-state index in [2.05, 4.69) is 16.1 Å². The van der Waals surface area contributed by atoms with Crippen LogP contribution in [0.25, 0.3) is 0 Å². The highest BCUT2D eigenvalue weighted by atomic mass is 32.1. The van der Waals surface area contributed by atoms with Gasteiger partial charge in [-0.3, -0.25) is 10.2 Å². The van der Waals surface area contributed by atoms with Crippen LogP contribution in [0.4, 0.5) is 10.5 Å². The van der Waals surface area contributed by atoms with Crippen LogP contribution >= 0.6 is 12.2 Å². The minimum absolute atomic E-state index is 0.104. The largest absolute Gasteiger partial charge is 0.497 e. The fourth-order valence-electron chi connectivity index (χ4n) is 2.80. The Morgan fingerprint density at radius 3 is 2.07 bits per heavy atom. The molecule has 8 nitrogen and oxygen atoms in total. The van der Waals surface area contributed by atoms with Gasteiger partial charge in [0.05, 0.1) is 14.2 Å². The molecule has 1 fully saturated rings. The van der Waals surface area contributed by atoms with E-state index in [-0.39, 0.29) is 5.11 Å².